The molecule has 1 aromatic heterocycles. The Morgan fingerprint density at radius 2 is 1.93 bits per heavy atom. The van der Waals surface area contributed by atoms with E-state index in [0.717, 1.165) is 44.5 Å². The van der Waals surface area contributed by atoms with Crippen LogP contribution in [0.2, 0.25) is 0 Å². The van der Waals surface area contributed by atoms with Crippen molar-refractivity contribution in [2.24, 2.45) is 0 Å². The lowest BCUT2D eigenvalue weighted by Crippen LogP contribution is -2.32. The van der Waals surface area contributed by atoms with Gasteiger partial charge in [0.05, 0.1) is 25.6 Å². The van der Waals surface area contributed by atoms with Crippen molar-refractivity contribution in [2.45, 2.75) is 38.4 Å². The van der Waals surface area contributed by atoms with Crippen molar-refractivity contribution in [1.29, 1.82) is 0 Å². The van der Waals surface area contributed by atoms with Crippen molar-refractivity contribution >= 4 is 11.9 Å². The van der Waals surface area contributed by atoms with Gasteiger partial charge in [0.15, 0.2) is 5.82 Å². The average molecular weight is 409 g/mol. The number of carbonyl (C=O) groups is 1. The number of piperidine rings is 1. The van der Waals surface area contributed by atoms with Crippen LogP contribution in [-0.4, -0.2) is 41.1 Å². The molecule has 0 bridgehead atoms. The van der Waals surface area contributed by atoms with Crippen LogP contribution in [0.3, 0.4) is 0 Å². The van der Waals surface area contributed by atoms with E-state index < -0.39 is 17.6 Å². The number of halogens is 3. The first-order valence-corrected chi connectivity index (χ1v) is 9.32. The van der Waals surface area contributed by atoms with Crippen LogP contribution < -0.4 is 15.0 Å². The summed E-state index contributed by atoms with van der Waals surface area (Å²) < 4.78 is 43.5. The molecule has 2 heterocycles. The van der Waals surface area contributed by atoms with Crippen LogP contribution >= 0.6 is 0 Å². The first-order valence-electron chi connectivity index (χ1n) is 9.32. The lowest BCUT2D eigenvalue weighted by Gasteiger charge is -2.26. The number of hydrogen-bond donors (Lipinski definition) is 1. The number of aromatic nitrogens is 3. The Morgan fingerprint density at radius 3 is 2.62 bits per heavy atom. The first kappa shape index (κ1) is 20.8. The zero-order valence-corrected chi connectivity index (χ0v) is 16.0. The highest BCUT2D eigenvalue weighted by molar-refractivity contribution is 5.78. The Balaban J connectivity index is 1.64. The Hall–Kier alpha value is -2.91. The lowest BCUT2D eigenvalue weighted by molar-refractivity contribution is -0.137. The number of benzene rings is 1. The lowest BCUT2D eigenvalue weighted by atomic mass is 10.1. The Kier molecular flexibility index (Phi) is 6.50. The van der Waals surface area contributed by atoms with Gasteiger partial charge in [0.25, 0.3) is 0 Å². The highest BCUT2D eigenvalue weighted by Crippen LogP contribution is 2.29. The molecule has 1 amide bonds. The van der Waals surface area contributed by atoms with E-state index in [2.05, 4.69) is 20.3 Å². The average Bonchev–Trinajstić information content (AvgIpc) is 2.72. The molecular weight excluding hydrogens is 387 g/mol. The number of amides is 1. The van der Waals surface area contributed by atoms with Crippen LogP contribution in [0.15, 0.2) is 24.3 Å². The van der Waals surface area contributed by atoms with Gasteiger partial charge in [-0.05, 0) is 30.9 Å². The summed E-state index contributed by atoms with van der Waals surface area (Å²) in [6.07, 6.45) is -1.35. The molecule has 1 N–H and O–H groups in total. The molecule has 1 fully saturated rings. The highest BCUT2D eigenvalue weighted by Gasteiger charge is 2.30. The van der Waals surface area contributed by atoms with E-state index in [1.807, 2.05) is 4.90 Å². The summed E-state index contributed by atoms with van der Waals surface area (Å²) in [7, 11) is 1.45. The fourth-order valence-electron chi connectivity index (χ4n) is 3.08. The molecule has 0 radical (unpaired) electrons. The quantitative estimate of drug-likeness (QED) is 0.790. The van der Waals surface area contributed by atoms with Gasteiger partial charge in [-0.25, -0.2) is 0 Å². The molecule has 1 aromatic carbocycles. The number of hydrogen-bond acceptors (Lipinski definition) is 6. The smallest absolute Gasteiger partial charge is 0.416 e. The van der Waals surface area contributed by atoms with Gasteiger partial charge in [-0.3, -0.25) is 4.79 Å². The Morgan fingerprint density at radius 1 is 1.17 bits per heavy atom. The molecule has 0 aliphatic carbocycles. The number of rotatable bonds is 6. The van der Waals surface area contributed by atoms with Gasteiger partial charge >= 0.3 is 12.2 Å². The molecule has 0 spiro atoms. The third-order valence-electron chi connectivity index (χ3n) is 4.53. The molecule has 7 nitrogen and oxygen atoms in total. The molecule has 1 aliphatic rings. The molecule has 0 unspecified atom stereocenters. The van der Waals surface area contributed by atoms with Gasteiger partial charge in [0.1, 0.15) is 0 Å². The summed E-state index contributed by atoms with van der Waals surface area (Å²) in [6, 6.07) is 4.87. The number of ether oxygens (including phenoxy) is 1. The van der Waals surface area contributed by atoms with Crippen molar-refractivity contribution < 1.29 is 22.7 Å². The number of carbonyl (C=O) groups excluding carboxylic acids is 1. The zero-order chi connectivity index (χ0) is 20.9. The van der Waals surface area contributed by atoms with Gasteiger partial charge in [0.2, 0.25) is 11.9 Å². The minimum Gasteiger partial charge on any atom is -0.467 e. The summed E-state index contributed by atoms with van der Waals surface area (Å²) in [4.78, 5) is 27.0. The van der Waals surface area contributed by atoms with Crippen molar-refractivity contribution in [3.8, 4) is 6.01 Å². The maximum atomic E-state index is 12.8. The Bertz CT molecular complexity index is 854. The van der Waals surface area contributed by atoms with E-state index in [4.69, 9.17) is 4.74 Å². The molecule has 0 saturated carbocycles. The SMILES string of the molecule is COc1nc(CNC(=O)Cc2cccc(C(F)(F)F)c2)nc(N2CCCCC2)n1. The summed E-state index contributed by atoms with van der Waals surface area (Å²) in [5.41, 5.74) is -0.504. The normalized spacial score (nSPS) is 14.6. The van der Waals surface area contributed by atoms with E-state index in [-0.39, 0.29) is 24.5 Å². The van der Waals surface area contributed by atoms with E-state index >= 15 is 0 Å². The second kappa shape index (κ2) is 9.06. The predicted molar refractivity (Wildman–Crippen MR) is 99.4 cm³/mol. The second-order valence-electron chi connectivity index (χ2n) is 6.74. The largest absolute Gasteiger partial charge is 0.467 e. The number of anilines is 1. The third-order valence-corrected chi connectivity index (χ3v) is 4.53. The molecule has 1 aliphatic heterocycles. The number of nitrogens with zero attached hydrogens (tertiary/aromatic N) is 4. The van der Waals surface area contributed by atoms with Gasteiger partial charge in [-0.2, -0.15) is 28.1 Å². The van der Waals surface area contributed by atoms with Crippen LogP contribution in [0, 0.1) is 0 Å². The molecule has 1 saturated heterocycles. The van der Waals surface area contributed by atoms with E-state index in [0.29, 0.717) is 11.8 Å². The van der Waals surface area contributed by atoms with Gasteiger partial charge in [-0.1, -0.05) is 18.2 Å². The van der Waals surface area contributed by atoms with Crippen LogP contribution in [0.5, 0.6) is 6.01 Å². The topological polar surface area (TPSA) is 80.2 Å². The van der Waals surface area contributed by atoms with Gasteiger partial charge < -0.3 is 15.0 Å². The van der Waals surface area contributed by atoms with Crippen molar-refractivity contribution in [1.82, 2.24) is 20.3 Å². The van der Waals surface area contributed by atoms with E-state index in [9.17, 15) is 18.0 Å². The predicted octanol–water partition coefficient (Wildman–Crippen LogP) is 2.75. The fraction of sp³-hybridized carbons (Fsp3) is 0.474. The minimum atomic E-state index is -4.45. The molecule has 29 heavy (non-hydrogen) atoms. The monoisotopic (exact) mass is 409 g/mol. The van der Waals surface area contributed by atoms with Crippen LogP contribution in [0.25, 0.3) is 0 Å². The molecule has 0 atom stereocenters. The molecule has 10 heteroatoms. The molecule has 2 aromatic rings. The molecule has 156 valence electrons. The minimum absolute atomic E-state index is 0.0253. The number of nitrogens with one attached hydrogen (secondary N) is 1. The second-order valence-corrected chi connectivity index (χ2v) is 6.74. The van der Waals surface area contributed by atoms with Crippen LogP contribution in [0.1, 0.15) is 36.2 Å². The van der Waals surface area contributed by atoms with Crippen molar-refractivity contribution in [3.05, 3.63) is 41.2 Å². The number of alkyl halides is 3. The van der Waals surface area contributed by atoms with Crippen molar-refractivity contribution in [3.63, 3.8) is 0 Å². The highest BCUT2D eigenvalue weighted by atomic mass is 19.4. The third kappa shape index (κ3) is 5.78. The molecule has 3 rings (SSSR count). The van der Waals surface area contributed by atoms with Crippen molar-refractivity contribution in [2.75, 3.05) is 25.1 Å². The van der Waals surface area contributed by atoms with E-state index in [1.165, 1.54) is 19.2 Å². The summed E-state index contributed by atoms with van der Waals surface area (Å²) in [5, 5.41) is 2.64. The number of methoxy groups -OCH3 is 1. The van der Waals surface area contributed by atoms with Gasteiger partial charge in [-0.15, -0.1) is 0 Å². The van der Waals surface area contributed by atoms with Crippen LogP contribution in [-0.2, 0) is 23.9 Å². The summed E-state index contributed by atoms with van der Waals surface area (Å²) in [6.45, 7) is 1.71. The van der Waals surface area contributed by atoms with Gasteiger partial charge in [0, 0.05) is 13.1 Å². The molecular formula is C19H22F3N5O2. The standard InChI is InChI=1S/C19H22F3N5O2/c1-29-18-25-15(24-17(26-18)27-8-3-2-4-9-27)12-23-16(28)11-13-6-5-7-14(10-13)19(20,21)22/h5-7,10H,2-4,8-9,11-12H2,1H3,(H,23,28). The fourth-order valence-corrected chi connectivity index (χ4v) is 3.08. The maximum Gasteiger partial charge on any atom is 0.416 e. The maximum absolute atomic E-state index is 12.8. The summed E-state index contributed by atoms with van der Waals surface area (Å²) in [5.74, 6) is 0.400. The first-order chi connectivity index (χ1) is 13.8. The Labute approximate surface area is 166 Å². The van der Waals surface area contributed by atoms with Crippen LogP contribution in [0.4, 0.5) is 19.1 Å². The zero-order valence-electron chi connectivity index (χ0n) is 16.0. The summed E-state index contributed by atoms with van der Waals surface area (Å²) >= 11 is 0. The van der Waals surface area contributed by atoms with E-state index in [1.54, 1.807) is 0 Å².